The third kappa shape index (κ3) is 9.34. The number of halogens is 3. The highest BCUT2D eigenvalue weighted by Crippen LogP contribution is 2.33. The monoisotopic (exact) mass is 603 g/mol. The molecule has 0 spiro atoms. The Labute approximate surface area is 257 Å². The Bertz CT molecular complexity index is 1440. The second kappa shape index (κ2) is 15.3. The second-order valence-electron chi connectivity index (χ2n) is 11.9. The summed E-state index contributed by atoms with van der Waals surface area (Å²) in [6, 6.07) is 11.4. The topological polar surface area (TPSA) is 63.4 Å². The molecule has 8 heteroatoms. The van der Waals surface area contributed by atoms with Crippen LogP contribution in [0.4, 0.5) is 13.2 Å². The molecule has 2 aromatic carbocycles. The highest BCUT2D eigenvalue weighted by atomic mass is 19.4. The molecule has 1 aliphatic heterocycles. The van der Waals surface area contributed by atoms with Crippen LogP contribution in [0.15, 0.2) is 93.3 Å². The van der Waals surface area contributed by atoms with Crippen LogP contribution in [0.2, 0.25) is 0 Å². The Hall–Kier alpha value is -3.81. The van der Waals surface area contributed by atoms with E-state index < -0.39 is 11.7 Å². The van der Waals surface area contributed by atoms with Gasteiger partial charge in [0, 0.05) is 6.21 Å². The van der Waals surface area contributed by atoms with Crippen molar-refractivity contribution in [3.63, 3.8) is 0 Å². The molecule has 2 aliphatic carbocycles. The van der Waals surface area contributed by atoms with Crippen molar-refractivity contribution in [1.29, 1.82) is 0 Å². The van der Waals surface area contributed by atoms with Crippen molar-refractivity contribution < 1.29 is 22.7 Å². The van der Waals surface area contributed by atoms with Crippen LogP contribution in [0.3, 0.4) is 0 Å². The number of ether oxygens (including phenoxy) is 1. The number of rotatable bonds is 9. The third-order valence-electron chi connectivity index (χ3n) is 8.68. The normalized spacial score (nSPS) is 20.7. The van der Waals surface area contributed by atoms with E-state index in [0.29, 0.717) is 18.0 Å². The number of allylic oxidation sites excluding steroid dienone is 5. The molecule has 0 radical (unpaired) electrons. The maximum atomic E-state index is 12.8. The van der Waals surface area contributed by atoms with Gasteiger partial charge in [-0.15, -0.1) is 0 Å². The van der Waals surface area contributed by atoms with E-state index in [1.54, 1.807) is 0 Å². The van der Waals surface area contributed by atoms with Crippen LogP contribution >= 0.6 is 0 Å². The minimum atomic E-state index is -4.38. The molecule has 3 aliphatic rings. The van der Waals surface area contributed by atoms with Crippen LogP contribution in [-0.2, 0) is 41.7 Å². The summed E-state index contributed by atoms with van der Waals surface area (Å²) in [5.41, 5.74) is 6.11. The van der Waals surface area contributed by atoms with Gasteiger partial charge in [-0.1, -0.05) is 67.0 Å². The summed E-state index contributed by atoms with van der Waals surface area (Å²) in [4.78, 5) is 17.5. The number of alkyl halides is 3. The first-order chi connectivity index (χ1) is 21.3. The molecule has 0 N–H and O–H groups in total. The van der Waals surface area contributed by atoms with Crippen molar-refractivity contribution in [2.24, 2.45) is 27.1 Å². The van der Waals surface area contributed by atoms with Crippen molar-refractivity contribution in [2.45, 2.75) is 83.5 Å². The number of carbonyl (C=O) groups excluding carboxylic acids is 1. The van der Waals surface area contributed by atoms with Crippen LogP contribution in [0.25, 0.3) is 0 Å². The van der Waals surface area contributed by atoms with Gasteiger partial charge in [-0.05, 0) is 97.7 Å². The van der Waals surface area contributed by atoms with Crippen molar-refractivity contribution in [1.82, 2.24) is 0 Å². The molecule has 232 valence electrons. The number of aliphatic imine (C=N–C) groups is 1. The average Bonchev–Trinajstić information content (AvgIpc) is 3.50. The molecular formula is C36H40F3N3O2. The van der Waals surface area contributed by atoms with E-state index in [0.717, 1.165) is 88.6 Å². The van der Waals surface area contributed by atoms with Crippen LogP contribution in [0.5, 0.6) is 0 Å². The average molecular weight is 604 g/mol. The van der Waals surface area contributed by atoms with E-state index in [1.165, 1.54) is 34.4 Å². The summed E-state index contributed by atoms with van der Waals surface area (Å²) in [7, 11) is 0. The molecule has 0 saturated heterocycles. The maximum Gasteiger partial charge on any atom is 0.416 e. The molecule has 0 bridgehead atoms. The smallest absolute Gasteiger partial charge is 0.416 e. The van der Waals surface area contributed by atoms with Crippen molar-refractivity contribution in [3.8, 4) is 0 Å². The van der Waals surface area contributed by atoms with Gasteiger partial charge < -0.3 is 4.74 Å². The fraction of sp³-hybridized carbons (Fsp3) is 0.444. The van der Waals surface area contributed by atoms with Crippen molar-refractivity contribution in [2.75, 3.05) is 6.54 Å². The van der Waals surface area contributed by atoms with E-state index in [9.17, 15) is 18.0 Å². The highest BCUT2D eigenvalue weighted by Gasteiger charge is 2.30. The molecule has 2 aromatic rings. The van der Waals surface area contributed by atoms with Gasteiger partial charge >= 0.3 is 12.1 Å². The zero-order valence-corrected chi connectivity index (χ0v) is 25.1. The largest absolute Gasteiger partial charge is 0.461 e. The van der Waals surface area contributed by atoms with Crippen molar-refractivity contribution in [3.05, 3.63) is 106 Å². The first-order valence-corrected chi connectivity index (χ1v) is 15.7. The number of hydrogen-bond acceptors (Lipinski definition) is 5. The van der Waals surface area contributed by atoms with Gasteiger partial charge in [0.15, 0.2) is 0 Å². The SMILES string of the molecule is O=C(OCc1ccc(C(F)(F)F)cc1)C1CCCC(CC2=CCC=C(N=CCCc3ccc4c(c3)CCN=NC4)C=C2)CC1. The lowest BCUT2D eigenvalue weighted by atomic mass is 9.91. The van der Waals surface area contributed by atoms with Crippen LogP contribution in [0.1, 0.15) is 79.2 Å². The fourth-order valence-corrected chi connectivity index (χ4v) is 6.11. The van der Waals surface area contributed by atoms with E-state index in [2.05, 4.69) is 52.7 Å². The number of fused-ring (bicyclic) bond motifs is 1. The molecule has 1 fully saturated rings. The molecule has 2 atom stereocenters. The van der Waals surface area contributed by atoms with Gasteiger partial charge in [0.25, 0.3) is 0 Å². The van der Waals surface area contributed by atoms with Crippen LogP contribution < -0.4 is 0 Å². The lowest BCUT2D eigenvalue weighted by molar-refractivity contribution is -0.150. The summed E-state index contributed by atoms with van der Waals surface area (Å²) in [6.07, 6.45) is 15.5. The van der Waals surface area contributed by atoms with Gasteiger partial charge in [-0.3, -0.25) is 9.79 Å². The number of nitrogens with zero attached hydrogens (tertiary/aromatic N) is 3. The zero-order chi connectivity index (χ0) is 30.8. The quantitative estimate of drug-likeness (QED) is 0.163. The van der Waals surface area contributed by atoms with Gasteiger partial charge in [-0.25, -0.2) is 0 Å². The molecule has 1 saturated carbocycles. The first kappa shape index (κ1) is 31.6. The lowest BCUT2D eigenvalue weighted by Crippen LogP contribution is -2.17. The molecule has 1 heterocycles. The highest BCUT2D eigenvalue weighted by molar-refractivity contribution is 5.72. The second-order valence-corrected chi connectivity index (χ2v) is 11.9. The predicted molar refractivity (Wildman–Crippen MR) is 166 cm³/mol. The molecule has 44 heavy (non-hydrogen) atoms. The maximum absolute atomic E-state index is 12.8. The summed E-state index contributed by atoms with van der Waals surface area (Å²) in [5.74, 6) is 0.0965. The molecule has 5 nitrogen and oxygen atoms in total. The summed E-state index contributed by atoms with van der Waals surface area (Å²) in [5, 5.41) is 8.37. The lowest BCUT2D eigenvalue weighted by Gasteiger charge is -2.16. The Morgan fingerprint density at radius 2 is 1.80 bits per heavy atom. The summed E-state index contributed by atoms with van der Waals surface area (Å²) >= 11 is 0. The first-order valence-electron chi connectivity index (χ1n) is 15.7. The standard InChI is InChI=1S/C36H40F3N3O2/c37-36(38,39)33-16-11-29(12-17-33)25-44-35(43)30-7-1-4-26(9-14-30)22-27-5-2-8-34(18-13-27)40-20-3-6-28-10-15-32-24-42-41-21-19-31(32)23-28/h5,8,10-13,15-18,20,23,26,30H,1-4,6-7,9,14,19,21-22,24-25H2. The number of benzene rings is 2. The summed E-state index contributed by atoms with van der Waals surface area (Å²) < 4.78 is 43.8. The van der Waals surface area contributed by atoms with E-state index in [4.69, 9.17) is 9.73 Å². The molecule has 0 amide bonds. The Morgan fingerprint density at radius 1 is 0.955 bits per heavy atom. The van der Waals surface area contributed by atoms with Crippen LogP contribution in [-0.4, -0.2) is 18.7 Å². The third-order valence-corrected chi connectivity index (χ3v) is 8.68. The predicted octanol–water partition coefficient (Wildman–Crippen LogP) is 9.32. The zero-order valence-electron chi connectivity index (χ0n) is 25.1. The molecule has 0 aromatic heterocycles. The number of azo groups is 1. The number of hydrogen-bond donors (Lipinski definition) is 0. The molecule has 5 rings (SSSR count). The fourth-order valence-electron chi connectivity index (χ4n) is 6.11. The van der Waals surface area contributed by atoms with Gasteiger partial charge in [0.2, 0.25) is 0 Å². The Morgan fingerprint density at radius 3 is 2.64 bits per heavy atom. The van der Waals surface area contributed by atoms with Gasteiger partial charge in [-0.2, -0.15) is 23.4 Å². The minimum Gasteiger partial charge on any atom is -0.461 e. The minimum absolute atomic E-state index is 0.00578. The molecular weight excluding hydrogens is 563 g/mol. The molecule has 2 unspecified atom stereocenters. The van der Waals surface area contributed by atoms with Crippen molar-refractivity contribution >= 4 is 12.2 Å². The van der Waals surface area contributed by atoms with Gasteiger partial charge in [0.1, 0.15) is 6.61 Å². The number of esters is 1. The van der Waals surface area contributed by atoms with Gasteiger partial charge in [0.05, 0.1) is 30.3 Å². The Balaban J connectivity index is 1.03. The summed E-state index contributed by atoms with van der Waals surface area (Å²) in [6.45, 7) is 1.44. The van der Waals surface area contributed by atoms with E-state index in [1.807, 2.05) is 6.21 Å². The Kier molecular flexibility index (Phi) is 11.0. The van der Waals surface area contributed by atoms with Crippen LogP contribution in [0, 0.1) is 11.8 Å². The van der Waals surface area contributed by atoms with E-state index in [-0.39, 0.29) is 18.5 Å². The number of aryl methyl sites for hydroxylation is 1. The number of carbonyl (C=O) groups is 1. The van der Waals surface area contributed by atoms with E-state index >= 15 is 0 Å².